The van der Waals surface area contributed by atoms with Crippen molar-refractivity contribution in [3.8, 4) is 17.2 Å². The van der Waals surface area contributed by atoms with Crippen LogP contribution in [0.3, 0.4) is 0 Å². The summed E-state index contributed by atoms with van der Waals surface area (Å²) in [5.41, 5.74) is 0. The lowest BCUT2D eigenvalue weighted by Gasteiger charge is -2.31. The summed E-state index contributed by atoms with van der Waals surface area (Å²) in [6.45, 7) is 0. The Morgan fingerprint density at radius 1 is 0.293 bits per heavy atom. The van der Waals surface area contributed by atoms with E-state index in [1.165, 1.54) is 0 Å². The van der Waals surface area contributed by atoms with E-state index in [4.69, 9.17) is 0 Å². The third-order valence-corrected chi connectivity index (χ3v) is 6.68. The highest BCUT2D eigenvalue weighted by Crippen LogP contribution is 2.42. The van der Waals surface area contributed by atoms with Gasteiger partial charge in [-0.2, -0.15) is 39.5 Å². The van der Waals surface area contributed by atoms with Crippen LogP contribution in [-0.4, -0.2) is 14.6 Å². The van der Waals surface area contributed by atoms with Gasteiger partial charge in [0, 0.05) is 0 Å². The minimum Gasteiger partial charge on any atom is -0.472 e. The number of hydrogen-bond donors (Lipinski definition) is 0. The van der Waals surface area contributed by atoms with Crippen LogP contribution in [0.1, 0.15) is 0 Å². The van der Waals surface area contributed by atoms with Crippen LogP contribution in [0, 0.1) is 87.3 Å². The molecule has 0 spiro atoms. The first-order chi connectivity index (χ1) is 18.7. The van der Waals surface area contributed by atoms with E-state index in [1.807, 2.05) is 0 Å². The standard InChI is InChI=1S/C19F18O3Si/c20-1-4(23)10(29)16(11(30)5(1)24)38-41(19(35,36)37,39-17-12(31)6(25)2(21)7(26)13(17)32)40-18-14(33)8(27)3(22)9(28)15(18)34. The van der Waals surface area contributed by atoms with Crippen LogP contribution >= 0.6 is 0 Å². The van der Waals surface area contributed by atoms with E-state index < -0.39 is 119 Å². The van der Waals surface area contributed by atoms with Gasteiger partial charge in [-0.1, -0.05) is 0 Å². The molecular weight excluding hydrogens is 646 g/mol. The molecule has 0 aliphatic carbocycles. The predicted molar refractivity (Wildman–Crippen MR) is 92.4 cm³/mol. The Hall–Kier alpha value is -3.98. The third-order valence-electron chi connectivity index (χ3n) is 4.57. The van der Waals surface area contributed by atoms with Crippen molar-refractivity contribution in [1.29, 1.82) is 0 Å². The molecule has 0 N–H and O–H groups in total. The van der Waals surface area contributed by atoms with E-state index in [-0.39, 0.29) is 0 Å². The van der Waals surface area contributed by atoms with Crippen LogP contribution in [0.5, 0.6) is 17.2 Å². The number of halogens is 18. The van der Waals surface area contributed by atoms with Gasteiger partial charge in [-0.15, -0.1) is 0 Å². The highest BCUT2D eigenvalue weighted by Gasteiger charge is 2.76. The van der Waals surface area contributed by atoms with Crippen molar-refractivity contribution in [1.82, 2.24) is 0 Å². The van der Waals surface area contributed by atoms with Gasteiger partial charge in [-0.05, 0) is 0 Å². The molecule has 3 aromatic rings. The summed E-state index contributed by atoms with van der Waals surface area (Å²) in [5, 5.41) is 0. The fraction of sp³-hybridized carbons (Fsp3) is 0.0526. The molecule has 0 unspecified atom stereocenters. The van der Waals surface area contributed by atoms with E-state index in [1.54, 1.807) is 0 Å². The van der Waals surface area contributed by atoms with Gasteiger partial charge in [0.25, 0.3) is 0 Å². The molecule has 3 nitrogen and oxygen atoms in total. The molecule has 22 heteroatoms. The average Bonchev–Trinajstić information content (AvgIpc) is 2.92. The molecule has 41 heavy (non-hydrogen) atoms. The normalized spacial score (nSPS) is 12.1. The van der Waals surface area contributed by atoms with Crippen molar-refractivity contribution >= 4 is 8.80 Å². The summed E-state index contributed by atoms with van der Waals surface area (Å²) in [6.07, 6.45) is 0. The molecule has 0 saturated heterocycles. The van der Waals surface area contributed by atoms with Crippen molar-refractivity contribution in [3.05, 3.63) is 87.3 Å². The van der Waals surface area contributed by atoms with Gasteiger partial charge in [0.1, 0.15) is 0 Å². The first-order valence-electron chi connectivity index (χ1n) is 9.38. The van der Waals surface area contributed by atoms with Gasteiger partial charge in [-0.3, -0.25) is 0 Å². The first-order valence-corrected chi connectivity index (χ1v) is 11.1. The summed E-state index contributed by atoms with van der Waals surface area (Å²) < 4.78 is 260. The van der Waals surface area contributed by atoms with Gasteiger partial charge >= 0.3 is 14.6 Å². The maximum absolute atomic E-state index is 14.2. The van der Waals surface area contributed by atoms with Gasteiger partial charge in [0.15, 0.2) is 17.2 Å². The smallest absolute Gasteiger partial charge is 0.472 e. The fourth-order valence-corrected chi connectivity index (χ4v) is 4.48. The van der Waals surface area contributed by atoms with Crippen LogP contribution in [0.4, 0.5) is 79.0 Å². The molecule has 3 rings (SSSR count). The molecule has 0 fully saturated rings. The van der Waals surface area contributed by atoms with Gasteiger partial charge in [-0.25, -0.2) is 39.5 Å². The minimum atomic E-state index is -8.41. The molecule has 3 aromatic carbocycles. The molecule has 0 radical (unpaired) electrons. The second-order valence-corrected chi connectivity index (χ2v) is 9.35. The summed E-state index contributed by atoms with van der Waals surface area (Å²) in [5.74, 6) is -64.7. The highest BCUT2D eigenvalue weighted by atomic mass is 28.4. The molecule has 0 aromatic heterocycles. The predicted octanol–water partition coefficient (Wildman–Crippen LogP) is 7.35. The van der Waals surface area contributed by atoms with E-state index in [9.17, 15) is 79.0 Å². The van der Waals surface area contributed by atoms with Crippen molar-refractivity contribution < 1.29 is 92.3 Å². The van der Waals surface area contributed by atoms with E-state index in [0.29, 0.717) is 0 Å². The lowest BCUT2D eigenvalue weighted by molar-refractivity contribution is -0.101. The second-order valence-electron chi connectivity index (χ2n) is 7.06. The SMILES string of the molecule is Fc1c(F)c(F)c(O[Si](Oc2c(F)c(F)c(F)c(F)c2F)(Oc2c(F)c(F)c(F)c(F)c2F)C(F)(F)F)c(F)c1F. The van der Waals surface area contributed by atoms with Crippen molar-refractivity contribution in [2.45, 2.75) is 5.80 Å². The molecule has 0 aliphatic heterocycles. The molecule has 0 atom stereocenters. The summed E-state index contributed by atoms with van der Waals surface area (Å²) in [6, 6.07) is 0. The Kier molecular flexibility index (Phi) is 8.04. The Labute approximate surface area is 212 Å². The first kappa shape index (κ1) is 31.5. The maximum Gasteiger partial charge on any atom is 0.811 e. The fourth-order valence-electron chi connectivity index (χ4n) is 2.66. The zero-order valence-electron chi connectivity index (χ0n) is 18.0. The van der Waals surface area contributed by atoms with Crippen LogP contribution in [-0.2, 0) is 0 Å². The number of alkyl halides is 3. The molecular formula is C19F18O3Si. The molecule has 0 heterocycles. The topological polar surface area (TPSA) is 27.7 Å². The van der Waals surface area contributed by atoms with Crippen LogP contribution in [0.15, 0.2) is 0 Å². The molecule has 0 aliphatic rings. The van der Waals surface area contributed by atoms with E-state index >= 15 is 0 Å². The second kappa shape index (κ2) is 10.4. The quantitative estimate of drug-likeness (QED) is 0.121. The average molecular weight is 646 g/mol. The van der Waals surface area contributed by atoms with Crippen molar-refractivity contribution in [3.63, 3.8) is 0 Å². The third kappa shape index (κ3) is 4.92. The largest absolute Gasteiger partial charge is 0.811 e. The summed E-state index contributed by atoms with van der Waals surface area (Å²) >= 11 is 0. The van der Waals surface area contributed by atoms with E-state index in [0.717, 1.165) is 0 Å². The van der Waals surface area contributed by atoms with E-state index in [2.05, 4.69) is 13.3 Å². The van der Waals surface area contributed by atoms with Crippen molar-refractivity contribution in [2.24, 2.45) is 0 Å². The van der Waals surface area contributed by atoms with Crippen LogP contribution in [0.2, 0.25) is 0 Å². The Morgan fingerprint density at radius 3 is 0.585 bits per heavy atom. The Bertz CT molecular complexity index is 1310. The number of hydrogen-bond acceptors (Lipinski definition) is 3. The van der Waals surface area contributed by atoms with Gasteiger partial charge in [0.2, 0.25) is 87.3 Å². The van der Waals surface area contributed by atoms with Gasteiger partial charge in [0.05, 0.1) is 0 Å². The molecule has 0 bridgehead atoms. The lowest BCUT2D eigenvalue weighted by atomic mass is 10.3. The van der Waals surface area contributed by atoms with Crippen LogP contribution < -0.4 is 13.3 Å². The Morgan fingerprint density at radius 2 is 0.439 bits per heavy atom. The summed E-state index contributed by atoms with van der Waals surface area (Å²) in [7, 11) is -8.41. The number of benzene rings is 3. The molecule has 0 amide bonds. The van der Waals surface area contributed by atoms with Gasteiger partial charge < -0.3 is 13.3 Å². The zero-order chi connectivity index (χ0) is 31.5. The summed E-state index contributed by atoms with van der Waals surface area (Å²) in [4.78, 5) is 0. The monoisotopic (exact) mass is 646 g/mol. The zero-order valence-corrected chi connectivity index (χ0v) is 19.0. The Balaban J connectivity index is 2.47. The highest BCUT2D eigenvalue weighted by molar-refractivity contribution is 6.65. The number of rotatable bonds is 6. The lowest BCUT2D eigenvalue weighted by Crippen LogP contribution is -2.67. The minimum absolute atomic E-state index is 3.08. The molecule has 0 saturated carbocycles. The molecule has 224 valence electrons. The van der Waals surface area contributed by atoms with Crippen molar-refractivity contribution in [2.75, 3.05) is 0 Å². The maximum atomic E-state index is 14.2. The van der Waals surface area contributed by atoms with Crippen LogP contribution in [0.25, 0.3) is 0 Å².